The van der Waals surface area contributed by atoms with E-state index in [9.17, 15) is 19.8 Å². The molecule has 1 aromatic rings. The minimum atomic E-state index is -0.597. The van der Waals surface area contributed by atoms with Crippen LogP contribution >= 0.6 is 0 Å². The number of nitrogens with zero attached hydrogens (tertiary/aromatic N) is 2. The quantitative estimate of drug-likeness (QED) is 0.335. The highest BCUT2D eigenvalue weighted by molar-refractivity contribution is 5.94. The van der Waals surface area contributed by atoms with Gasteiger partial charge in [0.05, 0.1) is 29.7 Å². The van der Waals surface area contributed by atoms with E-state index in [1.165, 1.54) is 12.3 Å². The first-order valence-electron chi connectivity index (χ1n) is 14.3. The van der Waals surface area contributed by atoms with Crippen LogP contribution in [-0.4, -0.2) is 70.2 Å². The molecule has 0 aliphatic heterocycles. The number of aliphatic imine (C=N–C) groups is 2. The molecule has 4 atom stereocenters. The molecule has 2 saturated carbocycles. The fourth-order valence-electron chi connectivity index (χ4n) is 5.03. The van der Waals surface area contributed by atoms with E-state index in [2.05, 4.69) is 15.6 Å². The summed E-state index contributed by atoms with van der Waals surface area (Å²) in [6.07, 6.45) is 9.17. The predicted molar refractivity (Wildman–Crippen MR) is 156 cm³/mol. The lowest BCUT2D eigenvalue weighted by atomic mass is 9.90. The van der Waals surface area contributed by atoms with Gasteiger partial charge in [-0.1, -0.05) is 25.7 Å². The molecule has 2 aliphatic rings. The molecule has 10 heteroatoms. The van der Waals surface area contributed by atoms with Gasteiger partial charge >= 0.3 is 12.2 Å². The zero-order valence-corrected chi connectivity index (χ0v) is 24.7. The third kappa shape index (κ3) is 9.71. The maximum absolute atomic E-state index is 12.3. The fourth-order valence-corrected chi connectivity index (χ4v) is 5.03. The van der Waals surface area contributed by atoms with Crippen molar-refractivity contribution in [2.45, 2.75) is 128 Å². The van der Waals surface area contributed by atoms with E-state index in [0.29, 0.717) is 5.56 Å². The lowest BCUT2D eigenvalue weighted by molar-refractivity contribution is 0.0475. The number of ether oxygens (including phenoxy) is 2. The number of carbonyl (C=O) groups excluding carboxylic acids is 2. The summed E-state index contributed by atoms with van der Waals surface area (Å²) in [7, 11) is 0. The fraction of sp³-hybridized carbons (Fsp3) is 0.667. The molecule has 2 amide bonds. The Hall–Kier alpha value is -3.30. The van der Waals surface area contributed by atoms with Crippen molar-refractivity contribution in [1.82, 2.24) is 10.6 Å². The number of hydrogen-bond acceptors (Lipinski definition) is 8. The summed E-state index contributed by atoms with van der Waals surface area (Å²) in [6.45, 7) is 10.9. The van der Waals surface area contributed by atoms with Crippen LogP contribution < -0.4 is 10.6 Å². The molecule has 0 unspecified atom stereocenters. The zero-order chi connectivity index (χ0) is 29.5. The number of rotatable bonds is 6. The maximum atomic E-state index is 12.3. The van der Waals surface area contributed by atoms with Gasteiger partial charge in [0, 0.05) is 18.0 Å². The van der Waals surface area contributed by atoms with Gasteiger partial charge in [-0.3, -0.25) is 9.98 Å². The van der Waals surface area contributed by atoms with Crippen molar-refractivity contribution in [2.75, 3.05) is 0 Å². The second kappa shape index (κ2) is 13.4. The summed E-state index contributed by atoms with van der Waals surface area (Å²) in [5.41, 5.74) is -0.553. The standard InChI is InChI=1S/C30H46N4O6/c1-29(2,3)39-27(37)33-23-13-9-7-11-21(23)31-17-19-15-16-25(35)20(26(19)36)18-32-22-12-8-10-14-24(22)34-28(38)40-30(4,5)6/h15-18,21-24,35-36H,7-14H2,1-6H3,(H,33,37)(H,34,38)/t21-,22-,23-,24-/m1/s1. The molecule has 1 aromatic carbocycles. The third-order valence-corrected chi connectivity index (χ3v) is 6.89. The summed E-state index contributed by atoms with van der Waals surface area (Å²) < 4.78 is 10.8. The minimum absolute atomic E-state index is 0.104. The summed E-state index contributed by atoms with van der Waals surface area (Å²) in [5.74, 6) is -0.236. The topological polar surface area (TPSA) is 142 Å². The Morgan fingerprint density at radius 3 is 1.70 bits per heavy atom. The van der Waals surface area contributed by atoms with Crippen LogP contribution in [0.4, 0.5) is 9.59 Å². The first-order valence-corrected chi connectivity index (χ1v) is 14.3. The molecule has 0 spiro atoms. The normalized spacial score (nSPS) is 24.1. The summed E-state index contributed by atoms with van der Waals surface area (Å²) >= 11 is 0. The second-order valence-corrected chi connectivity index (χ2v) is 12.7. The second-order valence-electron chi connectivity index (χ2n) is 12.7. The number of nitrogens with one attached hydrogen (secondary N) is 2. The van der Waals surface area contributed by atoms with Crippen molar-refractivity contribution in [2.24, 2.45) is 9.98 Å². The van der Waals surface area contributed by atoms with E-state index >= 15 is 0 Å². The van der Waals surface area contributed by atoms with E-state index in [-0.39, 0.29) is 41.2 Å². The van der Waals surface area contributed by atoms with Crippen molar-refractivity contribution in [3.63, 3.8) is 0 Å². The Bertz CT molecular complexity index is 1090. The average Bonchev–Trinajstić information content (AvgIpc) is 2.83. The number of phenolic OH excluding ortho intramolecular Hbond substituents is 2. The van der Waals surface area contributed by atoms with E-state index in [4.69, 9.17) is 14.5 Å². The van der Waals surface area contributed by atoms with Gasteiger partial charge in [0.1, 0.15) is 22.7 Å². The maximum Gasteiger partial charge on any atom is 0.407 e. The molecule has 10 nitrogen and oxygen atoms in total. The molecule has 4 N–H and O–H groups in total. The predicted octanol–water partition coefficient (Wildman–Crippen LogP) is 5.61. The minimum Gasteiger partial charge on any atom is -0.507 e. The van der Waals surface area contributed by atoms with Gasteiger partial charge in [0.2, 0.25) is 0 Å². The van der Waals surface area contributed by atoms with Gasteiger partial charge in [-0.15, -0.1) is 0 Å². The van der Waals surface area contributed by atoms with Crippen molar-refractivity contribution in [1.29, 1.82) is 0 Å². The lowest BCUT2D eigenvalue weighted by Crippen LogP contribution is -2.46. The highest BCUT2D eigenvalue weighted by atomic mass is 16.6. The van der Waals surface area contributed by atoms with Crippen molar-refractivity contribution < 1.29 is 29.3 Å². The van der Waals surface area contributed by atoms with Crippen LogP contribution in [0.15, 0.2) is 22.1 Å². The van der Waals surface area contributed by atoms with Crippen LogP contribution in [0.2, 0.25) is 0 Å². The Balaban J connectivity index is 1.72. The number of hydrogen-bond donors (Lipinski definition) is 4. The first kappa shape index (κ1) is 31.2. The number of phenols is 2. The summed E-state index contributed by atoms with van der Waals surface area (Å²) in [4.78, 5) is 34.0. The van der Waals surface area contributed by atoms with E-state index in [0.717, 1.165) is 51.4 Å². The van der Waals surface area contributed by atoms with Gasteiger partial charge in [0.15, 0.2) is 0 Å². The van der Waals surface area contributed by atoms with Gasteiger partial charge in [-0.25, -0.2) is 9.59 Å². The highest BCUT2D eigenvalue weighted by Crippen LogP contribution is 2.30. The number of amides is 2. The number of aromatic hydroxyl groups is 2. The molecule has 40 heavy (non-hydrogen) atoms. The van der Waals surface area contributed by atoms with Crippen LogP contribution in [0.25, 0.3) is 0 Å². The molecule has 0 bridgehead atoms. The molecule has 2 fully saturated rings. The monoisotopic (exact) mass is 558 g/mol. The van der Waals surface area contributed by atoms with Crippen LogP contribution in [0, 0.1) is 0 Å². The molecular weight excluding hydrogens is 512 g/mol. The Kier molecular flexibility index (Phi) is 10.4. The molecule has 0 radical (unpaired) electrons. The summed E-state index contributed by atoms with van der Waals surface area (Å²) in [6, 6.07) is 2.36. The van der Waals surface area contributed by atoms with Gasteiger partial charge < -0.3 is 30.3 Å². The van der Waals surface area contributed by atoms with Crippen LogP contribution in [0.3, 0.4) is 0 Å². The average molecular weight is 559 g/mol. The molecule has 0 heterocycles. The Morgan fingerprint density at radius 1 is 0.775 bits per heavy atom. The Morgan fingerprint density at radius 2 is 1.23 bits per heavy atom. The SMILES string of the molecule is CC(C)(C)OC(=O)N[C@@H]1CCCC[C@H]1N=Cc1ccc(O)c(C=N[C@@H]2CCCC[C@H]2NC(=O)OC(C)(C)C)c1O. The highest BCUT2D eigenvalue weighted by Gasteiger charge is 2.29. The molecule has 2 aliphatic carbocycles. The van der Waals surface area contributed by atoms with Crippen LogP contribution in [-0.2, 0) is 9.47 Å². The summed E-state index contributed by atoms with van der Waals surface area (Å²) in [5, 5.41) is 27.3. The molecule has 0 aromatic heterocycles. The molecule has 222 valence electrons. The van der Waals surface area contributed by atoms with Crippen molar-refractivity contribution in [3.8, 4) is 11.5 Å². The molecule has 0 saturated heterocycles. The van der Waals surface area contributed by atoms with Gasteiger partial charge in [-0.2, -0.15) is 0 Å². The number of benzene rings is 1. The van der Waals surface area contributed by atoms with Crippen LogP contribution in [0.5, 0.6) is 11.5 Å². The zero-order valence-electron chi connectivity index (χ0n) is 24.7. The van der Waals surface area contributed by atoms with Gasteiger partial charge in [-0.05, 0) is 79.4 Å². The molecular formula is C30H46N4O6. The van der Waals surface area contributed by atoms with Crippen molar-refractivity contribution in [3.05, 3.63) is 23.3 Å². The third-order valence-electron chi connectivity index (χ3n) is 6.89. The number of carbonyl (C=O) groups is 2. The van der Waals surface area contributed by atoms with Gasteiger partial charge in [0.25, 0.3) is 0 Å². The van der Waals surface area contributed by atoms with E-state index in [1.54, 1.807) is 12.3 Å². The Labute approximate surface area is 237 Å². The largest absolute Gasteiger partial charge is 0.507 e. The van der Waals surface area contributed by atoms with Crippen molar-refractivity contribution >= 4 is 24.6 Å². The van der Waals surface area contributed by atoms with E-state index < -0.39 is 23.4 Å². The number of alkyl carbamates (subject to hydrolysis) is 2. The van der Waals surface area contributed by atoms with Crippen LogP contribution in [0.1, 0.15) is 104 Å². The van der Waals surface area contributed by atoms with E-state index in [1.807, 2.05) is 41.5 Å². The lowest BCUT2D eigenvalue weighted by Gasteiger charge is -2.30. The molecule has 3 rings (SSSR count). The first-order chi connectivity index (χ1) is 18.7. The smallest absolute Gasteiger partial charge is 0.407 e.